The van der Waals surface area contributed by atoms with Crippen LogP contribution in [0, 0.1) is 0 Å². The summed E-state index contributed by atoms with van der Waals surface area (Å²) < 4.78 is 0. The standard InChI is InChI=1S/C25H29N3O4/c1-2-4-22(29)26-21-6-3-5-20(17-21)18-7-9-19(10-8-18)23(30)27-13-15-28(16-14-27)24(31)25(32)11-12-25/h3,5-10,17,32H,2,4,11-16H2,1H3,(H,26,29). The van der Waals surface area contributed by atoms with Gasteiger partial charge in [0.15, 0.2) is 0 Å². The number of aliphatic hydroxyl groups is 1. The van der Waals surface area contributed by atoms with Crippen LogP contribution in [0.2, 0.25) is 0 Å². The molecule has 1 saturated heterocycles. The Kier molecular flexibility index (Phi) is 6.28. The molecule has 0 unspecified atom stereocenters. The molecule has 32 heavy (non-hydrogen) atoms. The van der Waals surface area contributed by atoms with Crippen molar-refractivity contribution in [3.05, 3.63) is 54.1 Å². The Morgan fingerprint density at radius 1 is 0.938 bits per heavy atom. The fourth-order valence-electron chi connectivity index (χ4n) is 3.95. The molecule has 0 bridgehead atoms. The van der Waals surface area contributed by atoms with Crippen molar-refractivity contribution in [2.45, 2.75) is 38.2 Å². The van der Waals surface area contributed by atoms with E-state index in [1.807, 2.05) is 55.5 Å². The van der Waals surface area contributed by atoms with Crippen molar-refractivity contribution in [2.75, 3.05) is 31.5 Å². The molecule has 1 aliphatic heterocycles. The number of amides is 3. The van der Waals surface area contributed by atoms with Crippen molar-refractivity contribution in [3.8, 4) is 11.1 Å². The van der Waals surface area contributed by atoms with E-state index < -0.39 is 5.60 Å². The molecule has 4 rings (SSSR count). The lowest BCUT2D eigenvalue weighted by molar-refractivity contribution is -0.143. The van der Waals surface area contributed by atoms with Gasteiger partial charge in [-0.1, -0.05) is 31.2 Å². The van der Waals surface area contributed by atoms with Crippen LogP contribution in [0.4, 0.5) is 5.69 Å². The van der Waals surface area contributed by atoms with Crippen LogP contribution in [-0.4, -0.2) is 64.4 Å². The number of hydrogen-bond acceptors (Lipinski definition) is 4. The van der Waals surface area contributed by atoms with E-state index in [2.05, 4.69) is 5.32 Å². The second-order valence-electron chi connectivity index (χ2n) is 8.57. The Morgan fingerprint density at radius 2 is 1.59 bits per heavy atom. The van der Waals surface area contributed by atoms with E-state index in [0.29, 0.717) is 51.0 Å². The molecular formula is C25H29N3O4. The van der Waals surface area contributed by atoms with Crippen molar-refractivity contribution in [1.29, 1.82) is 0 Å². The fraction of sp³-hybridized carbons (Fsp3) is 0.400. The van der Waals surface area contributed by atoms with Gasteiger partial charge in [0.1, 0.15) is 5.60 Å². The summed E-state index contributed by atoms with van der Waals surface area (Å²) in [6.07, 6.45) is 2.36. The first-order valence-electron chi connectivity index (χ1n) is 11.2. The molecule has 1 aliphatic carbocycles. The first-order valence-corrected chi connectivity index (χ1v) is 11.2. The Bertz CT molecular complexity index is 1010. The van der Waals surface area contributed by atoms with Gasteiger partial charge < -0.3 is 20.2 Å². The molecule has 0 aromatic heterocycles. The maximum atomic E-state index is 12.9. The first-order chi connectivity index (χ1) is 15.4. The third-order valence-corrected chi connectivity index (χ3v) is 6.06. The van der Waals surface area contributed by atoms with Crippen LogP contribution in [0.1, 0.15) is 43.0 Å². The van der Waals surface area contributed by atoms with E-state index in [-0.39, 0.29) is 17.7 Å². The zero-order valence-electron chi connectivity index (χ0n) is 18.3. The molecule has 0 radical (unpaired) electrons. The predicted octanol–water partition coefficient (Wildman–Crippen LogP) is 2.90. The summed E-state index contributed by atoms with van der Waals surface area (Å²) in [6.45, 7) is 3.78. The van der Waals surface area contributed by atoms with Gasteiger partial charge >= 0.3 is 0 Å². The number of carbonyl (C=O) groups excluding carboxylic acids is 3. The number of rotatable bonds is 6. The highest BCUT2D eigenvalue weighted by atomic mass is 16.3. The van der Waals surface area contributed by atoms with Crippen molar-refractivity contribution in [1.82, 2.24) is 9.80 Å². The SMILES string of the molecule is CCCC(=O)Nc1cccc(-c2ccc(C(=O)N3CCN(C(=O)C4(O)CC4)CC3)cc2)c1. The number of piperazine rings is 1. The van der Waals surface area contributed by atoms with E-state index in [9.17, 15) is 19.5 Å². The average molecular weight is 436 g/mol. The van der Waals surface area contributed by atoms with Gasteiger partial charge in [-0.05, 0) is 54.7 Å². The van der Waals surface area contributed by atoms with E-state index in [1.165, 1.54) is 0 Å². The van der Waals surface area contributed by atoms with Crippen molar-refractivity contribution in [3.63, 3.8) is 0 Å². The van der Waals surface area contributed by atoms with Crippen LogP contribution >= 0.6 is 0 Å². The van der Waals surface area contributed by atoms with Crippen LogP contribution in [-0.2, 0) is 9.59 Å². The minimum atomic E-state index is -1.15. The van der Waals surface area contributed by atoms with Crippen molar-refractivity contribution >= 4 is 23.4 Å². The summed E-state index contributed by atoms with van der Waals surface area (Å²) in [4.78, 5) is 40.4. The van der Waals surface area contributed by atoms with E-state index in [0.717, 1.165) is 23.2 Å². The van der Waals surface area contributed by atoms with Crippen LogP contribution in [0.25, 0.3) is 11.1 Å². The predicted molar refractivity (Wildman–Crippen MR) is 122 cm³/mol. The molecule has 0 spiro atoms. The van der Waals surface area contributed by atoms with Gasteiger partial charge in [-0.25, -0.2) is 0 Å². The second kappa shape index (κ2) is 9.12. The fourth-order valence-corrected chi connectivity index (χ4v) is 3.95. The van der Waals surface area contributed by atoms with Gasteiger partial charge in [-0.2, -0.15) is 0 Å². The third kappa shape index (κ3) is 4.83. The van der Waals surface area contributed by atoms with Gasteiger partial charge in [0, 0.05) is 43.9 Å². The third-order valence-electron chi connectivity index (χ3n) is 6.06. The Morgan fingerprint density at radius 3 is 2.22 bits per heavy atom. The normalized spacial score (nSPS) is 17.1. The largest absolute Gasteiger partial charge is 0.380 e. The van der Waals surface area contributed by atoms with Crippen LogP contribution in [0.15, 0.2) is 48.5 Å². The molecule has 2 fully saturated rings. The Balaban J connectivity index is 1.37. The number of hydrogen-bond donors (Lipinski definition) is 2. The Hall–Kier alpha value is -3.19. The smallest absolute Gasteiger partial charge is 0.254 e. The van der Waals surface area contributed by atoms with Crippen LogP contribution in [0.3, 0.4) is 0 Å². The molecule has 3 amide bonds. The summed E-state index contributed by atoms with van der Waals surface area (Å²) in [5.41, 5.74) is 2.12. The molecule has 1 saturated carbocycles. The summed E-state index contributed by atoms with van der Waals surface area (Å²) in [6, 6.07) is 15.1. The van der Waals surface area contributed by atoms with Crippen molar-refractivity contribution in [2.24, 2.45) is 0 Å². The van der Waals surface area contributed by atoms with E-state index in [1.54, 1.807) is 9.80 Å². The maximum Gasteiger partial charge on any atom is 0.254 e. The molecule has 2 aromatic rings. The molecule has 1 heterocycles. The monoisotopic (exact) mass is 435 g/mol. The molecular weight excluding hydrogens is 406 g/mol. The number of benzene rings is 2. The summed E-state index contributed by atoms with van der Waals surface area (Å²) in [5.74, 6) is -0.268. The lowest BCUT2D eigenvalue weighted by atomic mass is 10.0. The van der Waals surface area contributed by atoms with Crippen molar-refractivity contribution < 1.29 is 19.5 Å². The maximum absolute atomic E-state index is 12.9. The number of carbonyl (C=O) groups is 3. The first kappa shape index (κ1) is 22.0. The summed E-state index contributed by atoms with van der Waals surface area (Å²) in [7, 11) is 0. The lowest BCUT2D eigenvalue weighted by Gasteiger charge is -2.35. The highest BCUT2D eigenvalue weighted by molar-refractivity contribution is 5.95. The topological polar surface area (TPSA) is 90.0 Å². The zero-order chi connectivity index (χ0) is 22.7. The van der Waals surface area contributed by atoms with Crippen LogP contribution < -0.4 is 5.32 Å². The number of nitrogens with zero attached hydrogens (tertiary/aromatic N) is 2. The van der Waals surface area contributed by atoms with Gasteiger partial charge in [0.2, 0.25) is 5.91 Å². The Labute approximate surface area is 188 Å². The van der Waals surface area contributed by atoms with Gasteiger partial charge in [0.05, 0.1) is 0 Å². The molecule has 7 nitrogen and oxygen atoms in total. The van der Waals surface area contributed by atoms with Gasteiger partial charge in [0.25, 0.3) is 11.8 Å². The van der Waals surface area contributed by atoms with E-state index >= 15 is 0 Å². The average Bonchev–Trinajstić information content (AvgIpc) is 3.57. The highest BCUT2D eigenvalue weighted by Crippen LogP contribution is 2.37. The minimum Gasteiger partial charge on any atom is -0.380 e. The molecule has 2 aromatic carbocycles. The van der Waals surface area contributed by atoms with Gasteiger partial charge in [-0.3, -0.25) is 14.4 Å². The summed E-state index contributed by atoms with van der Waals surface area (Å²) >= 11 is 0. The highest BCUT2D eigenvalue weighted by Gasteiger charge is 2.50. The summed E-state index contributed by atoms with van der Waals surface area (Å²) in [5, 5.41) is 12.9. The van der Waals surface area contributed by atoms with Gasteiger partial charge in [-0.15, -0.1) is 0 Å². The zero-order valence-corrected chi connectivity index (χ0v) is 18.3. The minimum absolute atomic E-state index is 0.00122. The molecule has 0 atom stereocenters. The molecule has 2 N–H and O–H groups in total. The van der Waals surface area contributed by atoms with Crippen LogP contribution in [0.5, 0.6) is 0 Å². The molecule has 168 valence electrons. The van der Waals surface area contributed by atoms with E-state index in [4.69, 9.17) is 0 Å². The lowest BCUT2D eigenvalue weighted by Crippen LogP contribution is -2.53. The molecule has 2 aliphatic rings. The number of nitrogens with one attached hydrogen (secondary N) is 1. The number of anilines is 1. The quantitative estimate of drug-likeness (QED) is 0.730. The molecule has 7 heteroatoms. The second-order valence-corrected chi connectivity index (χ2v) is 8.57.